The minimum atomic E-state index is -0.104. The van der Waals surface area contributed by atoms with E-state index in [2.05, 4.69) is 31.1 Å². The van der Waals surface area contributed by atoms with Gasteiger partial charge in [0.1, 0.15) is 5.82 Å². The fourth-order valence-corrected chi connectivity index (χ4v) is 3.45. The molecule has 0 bridgehead atoms. The molecule has 0 saturated heterocycles. The number of rotatable bonds is 6. The first-order chi connectivity index (χ1) is 10.0. The maximum absolute atomic E-state index is 14.0. The molecule has 0 radical (unpaired) electrons. The van der Waals surface area contributed by atoms with Crippen LogP contribution in [0.25, 0.3) is 0 Å². The Morgan fingerprint density at radius 2 is 2.00 bits per heavy atom. The quantitative estimate of drug-likeness (QED) is 0.834. The SMILES string of the molecule is CCNC(C)c1cc(F)c(C)cc1N(C)CC1CCCC1. The monoisotopic (exact) mass is 292 g/mol. The third-order valence-corrected chi connectivity index (χ3v) is 4.70. The highest BCUT2D eigenvalue weighted by atomic mass is 19.1. The normalized spacial score (nSPS) is 17.2. The summed E-state index contributed by atoms with van der Waals surface area (Å²) in [4.78, 5) is 2.33. The van der Waals surface area contributed by atoms with Crippen LogP contribution in [0.1, 0.15) is 56.7 Å². The topological polar surface area (TPSA) is 15.3 Å². The van der Waals surface area contributed by atoms with Crippen LogP contribution in [0.5, 0.6) is 0 Å². The van der Waals surface area contributed by atoms with Gasteiger partial charge in [-0.1, -0.05) is 19.8 Å². The molecule has 1 atom stereocenters. The first kappa shape index (κ1) is 16.3. The van der Waals surface area contributed by atoms with Gasteiger partial charge < -0.3 is 10.2 Å². The summed E-state index contributed by atoms with van der Waals surface area (Å²) in [6.07, 6.45) is 5.40. The fraction of sp³-hybridized carbons (Fsp3) is 0.667. The lowest BCUT2D eigenvalue weighted by molar-refractivity contribution is 0.540. The van der Waals surface area contributed by atoms with Crippen LogP contribution in [0.15, 0.2) is 12.1 Å². The Morgan fingerprint density at radius 1 is 1.33 bits per heavy atom. The second-order valence-corrected chi connectivity index (χ2v) is 6.47. The van der Waals surface area contributed by atoms with Crippen molar-refractivity contribution in [3.63, 3.8) is 0 Å². The highest BCUT2D eigenvalue weighted by molar-refractivity contribution is 5.56. The van der Waals surface area contributed by atoms with Crippen LogP contribution in [0.2, 0.25) is 0 Å². The fourth-order valence-electron chi connectivity index (χ4n) is 3.45. The van der Waals surface area contributed by atoms with Crippen molar-refractivity contribution < 1.29 is 4.39 Å². The van der Waals surface area contributed by atoms with Crippen molar-refractivity contribution in [2.75, 3.05) is 25.0 Å². The molecule has 1 aliphatic carbocycles. The number of nitrogens with one attached hydrogen (secondary N) is 1. The third-order valence-electron chi connectivity index (χ3n) is 4.70. The van der Waals surface area contributed by atoms with Crippen molar-refractivity contribution in [3.05, 3.63) is 29.1 Å². The molecule has 0 spiro atoms. The zero-order chi connectivity index (χ0) is 15.4. The zero-order valence-electron chi connectivity index (χ0n) is 13.9. The molecule has 3 heteroatoms. The van der Waals surface area contributed by atoms with Crippen molar-refractivity contribution >= 4 is 5.69 Å². The molecule has 0 amide bonds. The van der Waals surface area contributed by atoms with E-state index < -0.39 is 0 Å². The van der Waals surface area contributed by atoms with Gasteiger partial charge in [0, 0.05) is 25.3 Å². The highest BCUT2D eigenvalue weighted by Crippen LogP contribution is 2.32. The summed E-state index contributed by atoms with van der Waals surface area (Å²) in [7, 11) is 2.15. The van der Waals surface area contributed by atoms with Crippen LogP contribution >= 0.6 is 0 Å². The van der Waals surface area contributed by atoms with E-state index in [9.17, 15) is 4.39 Å². The van der Waals surface area contributed by atoms with E-state index in [-0.39, 0.29) is 11.9 Å². The second-order valence-electron chi connectivity index (χ2n) is 6.47. The van der Waals surface area contributed by atoms with Crippen LogP contribution in [0, 0.1) is 18.7 Å². The molecule has 21 heavy (non-hydrogen) atoms. The Kier molecular flexibility index (Phi) is 5.63. The first-order valence-electron chi connectivity index (χ1n) is 8.27. The van der Waals surface area contributed by atoms with Gasteiger partial charge in [-0.05, 0) is 62.4 Å². The Bertz CT molecular complexity index is 467. The Balaban J connectivity index is 2.24. The highest BCUT2D eigenvalue weighted by Gasteiger charge is 2.20. The number of hydrogen-bond acceptors (Lipinski definition) is 2. The number of anilines is 1. The van der Waals surface area contributed by atoms with Gasteiger partial charge in [0.05, 0.1) is 0 Å². The number of halogens is 1. The van der Waals surface area contributed by atoms with Gasteiger partial charge in [-0.15, -0.1) is 0 Å². The predicted octanol–water partition coefficient (Wildman–Crippen LogP) is 4.43. The zero-order valence-corrected chi connectivity index (χ0v) is 13.9. The summed E-state index contributed by atoms with van der Waals surface area (Å²) in [6, 6.07) is 3.89. The number of aryl methyl sites for hydroxylation is 1. The van der Waals surface area contributed by atoms with E-state index in [1.54, 1.807) is 6.07 Å². The van der Waals surface area contributed by atoms with Crippen LogP contribution < -0.4 is 10.2 Å². The molecule has 1 saturated carbocycles. The Labute approximate surface area is 128 Å². The first-order valence-corrected chi connectivity index (χ1v) is 8.27. The lowest BCUT2D eigenvalue weighted by Crippen LogP contribution is -2.27. The standard InChI is InChI=1S/C18H29FN2/c1-5-20-14(3)16-11-17(19)13(2)10-18(16)21(4)12-15-8-6-7-9-15/h10-11,14-15,20H,5-9,12H2,1-4H3. The molecule has 2 nitrogen and oxygen atoms in total. The van der Waals surface area contributed by atoms with E-state index in [1.165, 1.54) is 31.4 Å². The molecule has 118 valence electrons. The summed E-state index contributed by atoms with van der Waals surface area (Å²) in [5.74, 6) is 0.690. The van der Waals surface area contributed by atoms with Crippen LogP contribution in [0.3, 0.4) is 0 Å². The van der Waals surface area contributed by atoms with Crippen LogP contribution in [0.4, 0.5) is 10.1 Å². The number of benzene rings is 1. The molecule has 1 aliphatic rings. The van der Waals surface area contributed by atoms with Gasteiger partial charge in [-0.25, -0.2) is 4.39 Å². The summed E-state index contributed by atoms with van der Waals surface area (Å²) in [5.41, 5.74) is 2.98. The van der Waals surface area contributed by atoms with Crippen molar-refractivity contribution in [2.45, 2.75) is 52.5 Å². The molecule has 1 N–H and O–H groups in total. The molecule has 0 aliphatic heterocycles. The van der Waals surface area contributed by atoms with Crippen LogP contribution in [-0.4, -0.2) is 20.1 Å². The average molecular weight is 292 g/mol. The Hall–Kier alpha value is -1.09. The third kappa shape index (κ3) is 3.97. The molecule has 0 aromatic heterocycles. The van der Waals surface area contributed by atoms with Crippen molar-refractivity contribution in [1.29, 1.82) is 0 Å². The molecular formula is C18H29FN2. The lowest BCUT2D eigenvalue weighted by atomic mass is 10.0. The second kappa shape index (κ2) is 7.26. The van der Waals surface area contributed by atoms with E-state index >= 15 is 0 Å². The molecule has 0 heterocycles. The maximum Gasteiger partial charge on any atom is 0.126 e. The van der Waals surface area contributed by atoms with Gasteiger partial charge in [0.2, 0.25) is 0 Å². The van der Waals surface area contributed by atoms with Gasteiger partial charge in [-0.3, -0.25) is 0 Å². The minimum absolute atomic E-state index is 0.104. The van der Waals surface area contributed by atoms with Crippen molar-refractivity contribution in [3.8, 4) is 0 Å². The van der Waals surface area contributed by atoms with Gasteiger partial charge in [0.15, 0.2) is 0 Å². The molecule has 2 rings (SSSR count). The van der Waals surface area contributed by atoms with Gasteiger partial charge in [-0.2, -0.15) is 0 Å². The molecule has 1 aromatic carbocycles. The van der Waals surface area contributed by atoms with Gasteiger partial charge >= 0.3 is 0 Å². The lowest BCUT2D eigenvalue weighted by Gasteiger charge is -2.28. The molecule has 1 fully saturated rings. The number of nitrogens with zero attached hydrogens (tertiary/aromatic N) is 1. The minimum Gasteiger partial charge on any atom is -0.374 e. The van der Waals surface area contributed by atoms with Gasteiger partial charge in [0.25, 0.3) is 0 Å². The average Bonchev–Trinajstić information content (AvgIpc) is 2.94. The van der Waals surface area contributed by atoms with E-state index in [1.807, 2.05) is 13.0 Å². The van der Waals surface area contributed by atoms with E-state index in [4.69, 9.17) is 0 Å². The Morgan fingerprint density at radius 3 is 2.62 bits per heavy atom. The molecule has 1 aromatic rings. The summed E-state index contributed by atoms with van der Waals surface area (Å²) >= 11 is 0. The van der Waals surface area contributed by atoms with E-state index in [0.29, 0.717) is 0 Å². The summed E-state index contributed by atoms with van der Waals surface area (Å²) in [5, 5.41) is 3.40. The largest absolute Gasteiger partial charge is 0.374 e. The summed E-state index contributed by atoms with van der Waals surface area (Å²) in [6.45, 7) is 8.02. The smallest absolute Gasteiger partial charge is 0.126 e. The van der Waals surface area contributed by atoms with Crippen LogP contribution in [-0.2, 0) is 0 Å². The maximum atomic E-state index is 14.0. The van der Waals surface area contributed by atoms with Crippen molar-refractivity contribution in [1.82, 2.24) is 5.32 Å². The molecule has 1 unspecified atom stereocenters. The van der Waals surface area contributed by atoms with E-state index in [0.717, 1.165) is 30.1 Å². The molecular weight excluding hydrogens is 263 g/mol. The van der Waals surface area contributed by atoms with Crippen molar-refractivity contribution in [2.24, 2.45) is 5.92 Å². The number of hydrogen-bond donors (Lipinski definition) is 1. The predicted molar refractivity (Wildman–Crippen MR) is 88.5 cm³/mol. The summed E-state index contributed by atoms with van der Waals surface area (Å²) < 4.78 is 14.0.